The molecule has 0 amide bonds. The molecule has 2 aromatic carbocycles. The second-order valence-electron chi connectivity index (χ2n) is 6.99. The van der Waals surface area contributed by atoms with Gasteiger partial charge in [0.25, 0.3) is 0 Å². The van der Waals surface area contributed by atoms with E-state index in [-0.39, 0.29) is 5.78 Å². The van der Waals surface area contributed by atoms with Crippen molar-refractivity contribution in [3.05, 3.63) is 87.9 Å². The molecule has 1 aliphatic rings. The first-order valence-corrected chi connectivity index (χ1v) is 10.2. The molecule has 1 unspecified atom stereocenters. The highest BCUT2D eigenvalue weighted by atomic mass is 32.1. The minimum absolute atomic E-state index is 0.0659. The third kappa shape index (κ3) is 3.28. The highest BCUT2D eigenvalue weighted by Gasteiger charge is 2.38. The largest absolute Gasteiger partial charge is 0.466 e. The van der Waals surface area contributed by atoms with Gasteiger partial charge < -0.3 is 10.1 Å². The molecule has 4 rings (SSSR count). The van der Waals surface area contributed by atoms with E-state index in [1.165, 1.54) is 7.11 Å². The molecule has 0 radical (unpaired) electrons. The summed E-state index contributed by atoms with van der Waals surface area (Å²) in [6.45, 7) is 3.43. The Labute approximate surface area is 173 Å². The third-order valence-corrected chi connectivity index (χ3v) is 6.21. The first-order valence-electron chi connectivity index (χ1n) is 9.35. The zero-order valence-electron chi connectivity index (χ0n) is 16.5. The lowest BCUT2D eigenvalue weighted by molar-refractivity contribution is -0.136. The van der Waals surface area contributed by atoms with Crippen molar-refractivity contribution in [2.45, 2.75) is 19.8 Å². The first kappa shape index (κ1) is 19.2. The first-order chi connectivity index (χ1) is 14.0. The van der Waals surface area contributed by atoms with Gasteiger partial charge in [0.05, 0.1) is 18.4 Å². The molecule has 0 fully saturated rings. The molecule has 3 aromatic rings. The van der Waals surface area contributed by atoms with Gasteiger partial charge in [0, 0.05) is 21.9 Å². The number of nitrogens with one attached hydrogen (secondary N) is 1. The molecule has 2 heterocycles. The number of carbonyl (C=O) groups is 2. The number of rotatable bonds is 4. The van der Waals surface area contributed by atoms with Gasteiger partial charge in [-0.15, -0.1) is 11.3 Å². The number of hydrogen-bond donors (Lipinski definition) is 1. The zero-order valence-corrected chi connectivity index (χ0v) is 17.3. The summed E-state index contributed by atoms with van der Waals surface area (Å²) in [5.74, 6) is -1.00. The van der Waals surface area contributed by atoms with Gasteiger partial charge >= 0.3 is 5.97 Å². The van der Waals surface area contributed by atoms with Crippen LogP contribution in [0.4, 0.5) is 0 Å². The summed E-state index contributed by atoms with van der Waals surface area (Å²) in [4.78, 5) is 25.7. The highest BCUT2D eigenvalue weighted by molar-refractivity contribution is 7.17. The van der Waals surface area contributed by atoms with Crippen molar-refractivity contribution in [1.29, 1.82) is 0 Å². The van der Waals surface area contributed by atoms with E-state index in [1.54, 1.807) is 18.3 Å². The molecule has 0 spiro atoms. The highest BCUT2D eigenvalue weighted by Crippen LogP contribution is 2.45. The maximum Gasteiger partial charge on any atom is 0.336 e. The van der Waals surface area contributed by atoms with Crippen LogP contribution in [-0.4, -0.2) is 18.9 Å². The number of benzene rings is 2. The van der Waals surface area contributed by atoms with Crippen LogP contribution in [0.15, 0.2) is 76.8 Å². The van der Waals surface area contributed by atoms with Crippen molar-refractivity contribution in [3.8, 4) is 0 Å². The molecule has 1 atom stereocenters. The molecule has 5 heteroatoms. The number of fused-ring (bicyclic) bond motifs is 1. The molecule has 146 valence electrons. The van der Waals surface area contributed by atoms with E-state index in [2.05, 4.69) is 5.32 Å². The maximum absolute atomic E-state index is 13.0. The molecule has 0 aliphatic carbocycles. The standard InChI is InChI=1S/C24H21NO3S/c1-14-20(15(2)26)21(18-13-29-19-12-8-7-11-17(18)19)22(24(27)28-3)23(25-14)16-9-5-4-6-10-16/h4-13,21,25H,1-3H3. The summed E-state index contributed by atoms with van der Waals surface area (Å²) in [6.07, 6.45) is 0. The molecule has 1 aromatic heterocycles. The predicted molar refractivity (Wildman–Crippen MR) is 116 cm³/mol. The van der Waals surface area contributed by atoms with Crippen molar-refractivity contribution in [2.24, 2.45) is 0 Å². The predicted octanol–water partition coefficient (Wildman–Crippen LogP) is 5.04. The summed E-state index contributed by atoms with van der Waals surface area (Å²) >= 11 is 1.61. The van der Waals surface area contributed by atoms with E-state index < -0.39 is 11.9 Å². The van der Waals surface area contributed by atoms with Crippen LogP contribution in [0.2, 0.25) is 0 Å². The van der Waals surface area contributed by atoms with E-state index in [9.17, 15) is 9.59 Å². The molecular weight excluding hydrogens is 382 g/mol. The number of ether oxygens (including phenoxy) is 1. The number of dihydropyridines is 1. The van der Waals surface area contributed by atoms with E-state index in [4.69, 9.17) is 4.74 Å². The van der Waals surface area contributed by atoms with Crippen molar-refractivity contribution in [1.82, 2.24) is 5.32 Å². The molecule has 4 nitrogen and oxygen atoms in total. The summed E-state index contributed by atoms with van der Waals surface area (Å²) in [5, 5.41) is 6.40. The molecular formula is C24H21NO3S. The van der Waals surface area contributed by atoms with Gasteiger partial charge in [0.1, 0.15) is 0 Å². The minimum Gasteiger partial charge on any atom is -0.466 e. The quantitative estimate of drug-likeness (QED) is 0.621. The van der Waals surface area contributed by atoms with Crippen LogP contribution >= 0.6 is 11.3 Å². The van der Waals surface area contributed by atoms with Gasteiger partial charge in [0.15, 0.2) is 5.78 Å². The second kappa shape index (κ2) is 7.68. The van der Waals surface area contributed by atoms with Crippen molar-refractivity contribution >= 4 is 38.9 Å². The van der Waals surface area contributed by atoms with E-state index in [1.807, 2.05) is 66.9 Å². The maximum atomic E-state index is 13.0. The third-order valence-electron chi connectivity index (χ3n) is 5.23. The Balaban J connectivity index is 2.05. The number of hydrogen-bond acceptors (Lipinski definition) is 5. The Hall–Kier alpha value is -3.18. The second-order valence-corrected chi connectivity index (χ2v) is 7.90. The smallest absolute Gasteiger partial charge is 0.336 e. The lowest BCUT2D eigenvalue weighted by atomic mass is 9.78. The van der Waals surface area contributed by atoms with Crippen LogP contribution in [0.25, 0.3) is 15.8 Å². The summed E-state index contributed by atoms with van der Waals surface area (Å²) < 4.78 is 6.30. The molecule has 0 saturated carbocycles. The Kier molecular flexibility index (Phi) is 5.07. The fourth-order valence-electron chi connectivity index (χ4n) is 3.99. The van der Waals surface area contributed by atoms with Gasteiger partial charge in [-0.2, -0.15) is 0 Å². The number of Topliss-reactive ketones (excluding diaryl/α,β-unsaturated/α-hetero) is 1. The van der Waals surface area contributed by atoms with Crippen molar-refractivity contribution in [3.63, 3.8) is 0 Å². The molecule has 1 aliphatic heterocycles. The van der Waals surface area contributed by atoms with Gasteiger partial charge in [-0.3, -0.25) is 4.79 Å². The van der Waals surface area contributed by atoms with Crippen LogP contribution in [0.3, 0.4) is 0 Å². The Morgan fingerprint density at radius 3 is 2.38 bits per heavy atom. The number of methoxy groups -OCH3 is 1. The number of esters is 1. The van der Waals surface area contributed by atoms with E-state index in [0.717, 1.165) is 26.9 Å². The van der Waals surface area contributed by atoms with Crippen molar-refractivity contribution in [2.75, 3.05) is 7.11 Å². The summed E-state index contributed by atoms with van der Waals surface area (Å²) in [6, 6.07) is 17.7. The Morgan fingerprint density at radius 1 is 1.00 bits per heavy atom. The molecule has 1 N–H and O–H groups in total. The Bertz CT molecular complexity index is 1170. The molecule has 0 saturated heterocycles. The SMILES string of the molecule is COC(=O)C1=C(c2ccccc2)NC(C)=C(C(C)=O)C1c1csc2ccccc12. The monoisotopic (exact) mass is 403 g/mol. The van der Waals surface area contributed by atoms with Crippen LogP contribution < -0.4 is 5.32 Å². The van der Waals surface area contributed by atoms with Crippen LogP contribution in [0.1, 0.15) is 30.9 Å². The molecule has 0 bridgehead atoms. The normalized spacial score (nSPS) is 16.7. The zero-order chi connectivity index (χ0) is 20.5. The fourth-order valence-corrected chi connectivity index (χ4v) is 4.98. The topological polar surface area (TPSA) is 55.4 Å². The summed E-state index contributed by atoms with van der Waals surface area (Å²) in [5.41, 5.74) is 4.31. The summed E-state index contributed by atoms with van der Waals surface area (Å²) in [7, 11) is 1.37. The van der Waals surface area contributed by atoms with Crippen LogP contribution in [-0.2, 0) is 14.3 Å². The van der Waals surface area contributed by atoms with Gasteiger partial charge in [-0.05, 0) is 41.8 Å². The van der Waals surface area contributed by atoms with E-state index >= 15 is 0 Å². The lowest BCUT2D eigenvalue weighted by Crippen LogP contribution is -2.31. The van der Waals surface area contributed by atoms with Gasteiger partial charge in [-0.25, -0.2) is 4.79 Å². The Morgan fingerprint density at radius 2 is 1.69 bits per heavy atom. The molecule has 29 heavy (non-hydrogen) atoms. The minimum atomic E-state index is -0.493. The lowest BCUT2D eigenvalue weighted by Gasteiger charge is -2.31. The van der Waals surface area contributed by atoms with Crippen molar-refractivity contribution < 1.29 is 14.3 Å². The van der Waals surface area contributed by atoms with Gasteiger partial charge in [0.2, 0.25) is 0 Å². The van der Waals surface area contributed by atoms with Gasteiger partial charge in [-0.1, -0.05) is 48.5 Å². The average molecular weight is 404 g/mol. The fraction of sp³-hybridized carbons (Fsp3) is 0.167. The average Bonchev–Trinajstić information content (AvgIpc) is 3.16. The van der Waals surface area contributed by atoms with E-state index in [0.29, 0.717) is 16.8 Å². The number of allylic oxidation sites excluding steroid dienone is 2. The van der Waals surface area contributed by atoms with Crippen LogP contribution in [0.5, 0.6) is 0 Å². The van der Waals surface area contributed by atoms with Crippen LogP contribution in [0, 0.1) is 0 Å². The number of ketones is 1. The number of thiophene rings is 1. The number of carbonyl (C=O) groups excluding carboxylic acids is 2.